The number of nitrogens with zero attached hydrogens (tertiary/aromatic N) is 3. The van der Waals surface area contributed by atoms with Crippen LogP contribution in [0.1, 0.15) is 72.6 Å². The zero-order valence-corrected chi connectivity index (χ0v) is 25.3. The quantitative estimate of drug-likeness (QED) is 0.270. The molecule has 3 heterocycles. The number of anilines is 1. The molecule has 0 amide bonds. The van der Waals surface area contributed by atoms with Crippen LogP contribution in [0.25, 0.3) is 11.1 Å². The van der Waals surface area contributed by atoms with Crippen LogP contribution in [0.4, 0.5) is 32.2 Å². The third-order valence-corrected chi connectivity index (χ3v) is 9.31. The Balaban J connectivity index is 1.37. The summed E-state index contributed by atoms with van der Waals surface area (Å²) in [6.07, 6.45) is -10.1. The Morgan fingerprint density at radius 1 is 0.891 bits per heavy atom. The van der Waals surface area contributed by atoms with Crippen LogP contribution in [-0.2, 0) is 23.6 Å². The first-order valence-electron chi connectivity index (χ1n) is 15.2. The van der Waals surface area contributed by atoms with Crippen molar-refractivity contribution < 1.29 is 46.0 Å². The first-order chi connectivity index (χ1) is 21.7. The van der Waals surface area contributed by atoms with Gasteiger partial charge in [-0.2, -0.15) is 26.3 Å². The van der Waals surface area contributed by atoms with Crippen molar-refractivity contribution in [2.24, 2.45) is 0 Å². The van der Waals surface area contributed by atoms with Gasteiger partial charge in [-0.25, -0.2) is 9.88 Å². The standard InChI is InChI=1S/C33H35F6N3O4/c1-18-30(21-12-22(32(34,35)36)16-23(13-21)33(37,38)39)46-31(44)42(18)17-27-25(7-9-29(40-27)41-10-3-11-41)26-15-20(5-8-28(26)45-2)19-4-6-24(43)14-19/h5,7-9,12-13,15-16,18-19,24,30-31,43-44H,3-4,6,10-11,14,17H2,1-2H3/t18-,19?,24?,30-,31?/m0/s1. The lowest BCUT2D eigenvalue weighted by atomic mass is 9.92. The van der Waals surface area contributed by atoms with Crippen molar-refractivity contribution in [3.05, 3.63) is 76.5 Å². The molecule has 2 saturated heterocycles. The third kappa shape index (κ3) is 6.42. The van der Waals surface area contributed by atoms with Crippen molar-refractivity contribution in [2.75, 3.05) is 25.1 Å². The second kappa shape index (κ2) is 12.3. The van der Waals surface area contributed by atoms with Gasteiger partial charge in [0.1, 0.15) is 17.7 Å². The first-order valence-corrected chi connectivity index (χ1v) is 15.2. The van der Waals surface area contributed by atoms with E-state index in [1.165, 1.54) is 4.90 Å². The maximum absolute atomic E-state index is 13.6. The van der Waals surface area contributed by atoms with Crippen LogP contribution >= 0.6 is 0 Å². The van der Waals surface area contributed by atoms with Gasteiger partial charge in [-0.1, -0.05) is 6.07 Å². The number of pyridine rings is 1. The van der Waals surface area contributed by atoms with Crippen LogP contribution < -0.4 is 9.64 Å². The number of methoxy groups -OCH3 is 1. The van der Waals surface area contributed by atoms with Gasteiger partial charge in [0, 0.05) is 36.8 Å². The van der Waals surface area contributed by atoms with Crippen LogP contribution in [-0.4, -0.2) is 58.9 Å². The van der Waals surface area contributed by atoms with Gasteiger partial charge in [-0.05, 0) is 92.1 Å². The summed E-state index contributed by atoms with van der Waals surface area (Å²) in [5.41, 5.74) is -0.238. The summed E-state index contributed by atoms with van der Waals surface area (Å²) in [6, 6.07) is 10.2. The molecule has 7 nitrogen and oxygen atoms in total. The van der Waals surface area contributed by atoms with Crippen molar-refractivity contribution in [3.8, 4) is 16.9 Å². The lowest BCUT2D eigenvalue weighted by Gasteiger charge is -2.33. The van der Waals surface area contributed by atoms with E-state index >= 15 is 0 Å². The largest absolute Gasteiger partial charge is 0.496 e. The van der Waals surface area contributed by atoms with E-state index in [-0.39, 0.29) is 30.2 Å². The second-order valence-electron chi connectivity index (χ2n) is 12.3. The molecule has 0 radical (unpaired) electrons. The number of hydrogen-bond donors (Lipinski definition) is 2. The number of aromatic nitrogens is 1. The molecule has 3 aliphatic rings. The lowest BCUT2D eigenvalue weighted by molar-refractivity contribution is -0.154. The molecule has 0 spiro atoms. The van der Waals surface area contributed by atoms with E-state index in [0.29, 0.717) is 47.8 Å². The van der Waals surface area contributed by atoms with Crippen LogP contribution in [0, 0.1) is 0 Å². The number of aliphatic hydroxyl groups is 2. The summed E-state index contributed by atoms with van der Waals surface area (Å²) in [7, 11) is 1.55. The Labute approximate surface area is 262 Å². The number of rotatable bonds is 7. The highest BCUT2D eigenvalue weighted by Crippen LogP contribution is 2.44. The summed E-state index contributed by atoms with van der Waals surface area (Å²) in [4.78, 5) is 8.49. The van der Waals surface area contributed by atoms with Crippen LogP contribution in [0.15, 0.2) is 48.5 Å². The highest BCUT2D eigenvalue weighted by molar-refractivity contribution is 5.74. The SMILES string of the molecule is COc1ccc(C2CCC(O)C2)cc1-c1ccc(N2CCC2)nc1CN1C(O)O[C@H](c2cc(C(F)(F)F)cc(C(F)(F)F)c2)[C@@H]1C. The monoisotopic (exact) mass is 651 g/mol. The predicted molar refractivity (Wildman–Crippen MR) is 157 cm³/mol. The molecule has 6 rings (SSSR count). The van der Waals surface area contributed by atoms with E-state index in [9.17, 15) is 36.6 Å². The van der Waals surface area contributed by atoms with Crippen molar-refractivity contribution >= 4 is 5.82 Å². The Kier molecular flexibility index (Phi) is 8.72. The summed E-state index contributed by atoms with van der Waals surface area (Å²) >= 11 is 0. The van der Waals surface area contributed by atoms with Gasteiger partial charge >= 0.3 is 12.4 Å². The highest BCUT2D eigenvalue weighted by Gasteiger charge is 2.43. The molecule has 5 atom stereocenters. The number of hydrogen-bond acceptors (Lipinski definition) is 7. The van der Waals surface area contributed by atoms with Gasteiger partial charge in [0.05, 0.1) is 30.0 Å². The minimum absolute atomic E-state index is 0.0174. The maximum atomic E-state index is 13.6. The first kappa shape index (κ1) is 32.5. The van der Waals surface area contributed by atoms with E-state index in [0.717, 1.165) is 37.1 Å². The minimum Gasteiger partial charge on any atom is -0.496 e. The molecule has 2 aliphatic heterocycles. The molecular formula is C33H35F6N3O4. The molecule has 3 aromatic rings. The maximum Gasteiger partial charge on any atom is 0.416 e. The normalized spacial score (nSPS) is 25.6. The van der Waals surface area contributed by atoms with Gasteiger partial charge in [0.2, 0.25) is 6.41 Å². The molecule has 3 unspecified atom stereocenters. The van der Waals surface area contributed by atoms with E-state index in [4.69, 9.17) is 14.5 Å². The third-order valence-electron chi connectivity index (χ3n) is 9.31. The minimum atomic E-state index is -5.02. The van der Waals surface area contributed by atoms with Gasteiger partial charge in [-0.15, -0.1) is 0 Å². The van der Waals surface area contributed by atoms with Gasteiger partial charge in [-0.3, -0.25) is 0 Å². The average molecular weight is 652 g/mol. The van der Waals surface area contributed by atoms with E-state index in [2.05, 4.69) is 4.90 Å². The molecule has 1 aromatic heterocycles. The Morgan fingerprint density at radius 2 is 1.59 bits per heavy atom. The van der Waals surface area contributed by atoms with E-state index < -0.39 is 42.0 Å². The van der Waals surface area contributed by atoms with Gasteiger partial charge in [0.25, 0.3) is 0 Å². The molecule has 46 heavy (non-hydrogen) atoms. The molecule has 13 heteroatoms. The molecule has 2 N–H and O–H groups in total. The molecule has 248 valence electrons. The van der Waals surface area contributed by atoms with Gasteiger partial charge < -0.3 is 24.6 Å². The number of aliphatic hydroxyl groups excluding tert-OH is 2. The highest BCUT2D eigenvalue weighted by atomic mass is 19.4. The number of alkyl halides is 6. The fraction of sp³-hybridized carbons (Fsp3) is 0.485. The van der Waals surface area contributed by atoms with Gasteiger partial charge in [0.15, 0.2) is 0 Å². The molecule has 2 aromatic carbocycles. The predicted octanol–water partition coefficient (Wildman–Crippen LogP) is 6.87. The smallest absolute Gasteiger partial charge is 0.416 e. The molecule has 1 aliphatic carbocycles. The van der Waals surface area contributed by atoms with Crippen LogP contribution in [0.3, 0.4) is 0 Å². The zero-order chi connectivity index (χ0) is 33.0. The number of halogens is 6. The summed E-state index contributed by atoms with van der Waals surface area (Å²) < 4.78 is 93.0. The topological polar surface area (TPSA) is 78.3 Å². The molecular weight excluding hydrogens is 616 g/mol. The van der Waals surface area contributed by atoms with Crippen LogP contribution in [0.2, 0.25) is 0 Å². The van der Waals surface area contributed by atoms with Crippen molar-refractivity contribution in [3.63, 3.8) is 0 Å². The lowest BCUT2D eigenvalue weighted by Crippen LogP contribution is -2.38. The number of ether oxygens (including phenoxy) is 2. The molecule has 3 fully saturated rings. The fourth-order valence-electron chi connectivity index (χ4n) is 6.62. The summed E-state index contributed by atoms with van der Waals surface area (Å²) in [5, 5.41) is 21.1. The Hall–Kier alpha value is -3.39. The van der Waals surface area contributed by atoms with E-state index in [1.807, 2.05) is 30.3 Å². The average Bonchev–Trinajstić information content (AvgIpc) is 3.53. The summed E-state index contributed by atoms with van der Waals surface area (Å²) in [6.45, 7) is 3.20. The van der Waals surface area contributed by atoms with Crippen molar-refractivity contribution in [1.29, 1.82) is 0 Å². The van der Waals surface area contributed by atoms with Crippen molar-refractivity contribution in [1.82, 2.24) is 9.88 Å². The van der Waals surface area contributed by atoms with Crippen molar-refractivity contribution in [2.45, 2.75) is 82.1 Å². The number of benzene rings is 2. The fourth-order valence-corrected chi connectivity index (χ4v) is 6.62. The Bertz CT molecular complexity index is 1550. The Morgan fingerprint density at radius 3 is 2.15 bits per heavy atom. The zero-order valence-electron chi connectivity index (χ0n) is 25.3. The summed E-state index contributed by atoms with van der Waals surface area (Å²) in [5.74, 6) is 1.46. The van der Waals surface area contributed by atoms with E-state index in [1.54, 1.807) is 14.0 Å². The molecule has 0 bridgehead atoms. The van der Waals surface area contributed by atoms with Crippen LogP contribution in [0.5, 0.6) is 5.75 Å². The molecule has 1 saturated carbocycles. The second-order valence-corrected chi connectivity index (χ2v) is 12.3.